The monoisotopic (exact) mass is 407 g/mol. The molecule has 0 unspecified atom stereocenters. The van der Waals surface area contributed by atoms with Gasteiger partial charge in [-0.3, -0.25) is 14.5 Å². The molecule has 2 atom stereocenters. The van der Waals surface area contributed by atoms with Crippen LogP contribution in [0.3, 0.4) is 0 Å². The fourth-order valence-electron chi connectivity index (χ4n) is 4.01. The third-order valence-electron chi connectivity index (χ3n) is 6.10. The average molecular weight is 408 g/mol. The molecule has 0 N–H and O–H groups in total. The molecule has 1 fully saturated rings. The smallest absolute Gasteiger partial charge is 0.269 e. The second-order valence-corrected chi connectivity index (χ2v) is 8.38. The van der Waals surface area contributed by atoms with Gasteiger partial charge in [-0.15, -0.1) is 5.10 Å². The van der Waals surface area contributed by atoms with Crippen molar-refractivity contribution in [1.82, 2.24) is 24.5 Å². The third kappa shape index (κ3) is 4.15. The maximum absolute atomic E-state index is 12.5. The van der Waals surface area contributed by atoms with E-state index in [1.165, 1.54) is 15.8 Å². The highest BCUT2D eigenvalue weighted by atomic mass is 16.5. The molecule has 0 aromatic carbocycles. The maximum Gasteiger partial charge on any atom is 0.269 e. The number of pyridine rings is 1. The van der Waals surface area contributed by atoms with E-state index in [1.54, 1.807) is 13.1 Å². The van der Waals surface area contributed by atoms with Gasteiger partial charge in [-0.25, -0.2) is 4.68 Å². The summed E-state index contributed by atoms with van der Waals surface area (Å²) in [5.74, 6) is 1.41. The van der Waals surface area contributed by atoms with Gasteiger partial charge in [-0.1, -0.05) is 6.07 Å². The lowest BCUT2D eigenvalue weighted by Gasteiger charge is -2.09. The largest absolute Gasteiger partial charge is 0.476 e. The number of hydrogen-bond acceptors (Lipinski definition) is 5. The van der Waals surface area contributed by atoms with E-state index < -0.39 is 0 Å². The number of aryl methyl sites for hydroxylation is 5. The van der Waals surface area contributed by atoms with Gasteiger partial charge < -0.3 is 4.74 Å². The zero-order chi connectivity index (χ0) is 21.4. The molecular formula is C23H29N5O2. The number of aromatic nitrogens is 5. The molecule has 3 heterocycles. The lowest BCUT2D eigenvalue weighted by molar-refractivity contribution is 0.277. The molecule has 7 nitrogen and oxygen atoms in total. The van der Waals surface area contributed by atoms with E-state index in [1.807, 2.05) is 31.8 Å². The van der Waals surface area contributed by atoms with Crippen molar-refractivity contribution in [2.45, 2.75) is 46.0 Å². The van der Waals surface area contributed by atoms with E-state index in [0.29, 0.717) is 30.7 Å². The first-order valence-corrected chi connectivity index (χ1v) is 10.4. The third-order valence-corrected chi connectivity index (χ3v) is 6.10. The van der Waals surface area contributed by atoms with Crippen molar-refractivity contribution in [3.8, 4) is 5.88 Å². The summed E-state index contributed by atoms with van der Waals surface area (Å²) in [7, 11) is 3.62. The van der Waals surface area contributed by atoms with Crippen molar-refractivity contribution in [3.63, 3.8) is 0 Å². The molecule has 0 spiro atoms. The Balaban J connectivity index is 1.41. The van der Waals surface area contributed by atoms with E-state index in [2.05, 4.69) is 34.2 Å². The van der Waals surface area contributed by atoms with Crippen LogP contribution in [-0.4, -0.2) is 31.2 Å². The lowest BCUT2D eigenvalue weighted by Crippen LogP contribution is -2.24. The quantitative estimate of drug-likeness (QED) is 0.602. The van der Waals surface area contributed by atoms with Gasteiger partial charge >= 0.3 is 0 Å². The number of nitrogens with zero attached hydrogens (tertiary/aromatic N) is 5. The Hall–Kier alpha value is -2.96. The van der Waals surface area contributed by atoms with Crippen molar-refractivity contribution in [3.05, 3.63) is 68.5 Å². The summed E-state index contributed by atoms with van der Waals surface area (Å²) in [4.78, 5) is 17.1. The fourth-order valence-corrected chi connectivity index (χ4v) is 4.01. The number of ether oxygens (including phenoxy) is 1. The standard InChI is InChI=1S/C23H29N5O2/c1-14-6-9-21(24-12-14)20-10-18(20)13-30-22-11-17(23(29)28(5)26-22)7-8-19-15(2)25-27(4)16(19)3/h6,9,11-12,18,20H,7-8,10,13H2,1-5H3/t18-,20+/m1/s1. The Morgan fingerprint density at radius 3 is 2.57 bits per heavy atom. The van der Waals surface area contributed by atoms with Crippen molar-refractivity contribution in [1.29, 1.82) is 0 Å². The zero-order valence-corrected chi connectivity index (χ0v) is 18.3. The van der Waals surface area contributed by atoms with Crippen molar-refractivity contribution in [2.24, 2.45) is 20.0 Å². The SMILES string of the molecule is Cc1ccc([C@H]2C[C@@H]2COc2cc(CCc3c(C)nn(C)c3C)c(=O)n(C)n2)nc1. The van der Waals surface area contributed by atoms with E-state index in [9.17, 15) is 4.79 Å². The first kappa shape index (κ1) is 20.3. The van der Waals surface area contributed by atoms with E-state index in [4.69, 9.17) is 4.74 Å². The Bertz CT molecular complexity index is 1110. The molecule has 0 bridgehead atoms. The van der Waals surface area contributed by atoms with Crippen LogP contribution in [0.15, 0.2) is 29.2 Å². The van der Waals surface area contributed by atoms with Crippen LogP contribution in [0.4, 0.5) is 0 Å². The Kier molecular flexibility index (Phi) is 5.45. The molecule has 3 aromatic heterocycles. The molecule has 1 aliphatic rings. The maximum atomic E-state index is 12.5. The van der Waals surface area contributed by atoms with Gasteiger partial charge in [0.1, 0.15) is 0 Å². The molecule has 158 valence electrons. The fraction of sp³-hybridized carbons (Fsp3) is 0.478. The van der Waals surface area contributed by atoms with Crippen LogP contribution < -0.4 is 10.3 Å². The van der Waals surface area contributed by atoms with Crippen molar-refractivity contribution >= 4 is 0 Å². The lowest BCUT2D eigenvalue weighted by atomic mass is 10.0. The summed E-state index contributed by atoms with van der Waals surface area (Å²) in [5.41, 5.74) is 6.30. The minimum absolute atomic E-state index is 0.0744. The molecule has 3 aromatic rings. The minimum Gasteiger partial charge on any atom is -0.476 e. The van der Waals surface area contributed by atoms with Gasteiger partial charge in [0.05, 0.1) is 12.3 Å². The van der Waals surface area contributed by atoms with Gasteiger partial charge in [-0.2, -0.15) is 5.10 Å². The summed E-state index contributed by atoms with van der Waals surface area (Å²) in [6.07, 6.45) is 4.40. The summed E-state index contributed by atoms with van der Waals surface area (Å²) in [6, 6.07) is 6.00. The second-order valence-electron chi connectivity index (χ2n) is 8.38. The highest BCUT2D eigenvalue weighted by Gasteiger charge is 2.40. The van der Waals surface area contributed by atoms with Crippen molar-refractivity contribution in [2.75, 3.05) is 6.61 Å². The van der Waals surface area contributed by atoms with Crippen LogP contribution in [0.25, 0.3) is 0 Å². The molecule has 1 saturated carbocycles. The molecular weight excluding hydrogens is 378 g/mol. The molecule has 7 heteroatoms. The average Bonchev–Trinajstić information content (AvgIpc) is 3.44. The Morgan fingerprint density at radius 1 is 1.10 bits per heavy atom. The molecule has 0 amide bonds. The van der Waals surface area contributed by atoms with Crippen LogP contribution in [0.1, 0.15) is 46.1 Å². The topological polar surface area (TPSA) is 74.8 Å². The highest BCUT2D eigenvalue weighted by molar-refractivity contribution is 5.27. The van der Waals surface area contributed by atoms with Crippen LogP contribution in [-0.2, 0) is 26.9 Å². The van der Waals surface area contributed by atoms with Crippen LogP contribution >= 0.6 is 0 Å². The van der Waals surface area contributed by atoms with Crippen molar-refractivity contribution < 1.29 is 4.74 Å². The van der Waals surface area contributed by atoms with E-state index in [-0.39, 0.29) is 5.56 Å². The molecule has 0 radical (unpaired) electrons. The van der Waals surface area contributed by atoms with Gasteiger partial charge in [0.2, 0.25) is 5.88 Å². The van der Waals surface area contributed by atoms with Gasteiger partial charge in [-0.05, 0) is 57.2 Å². The van der Waals surface area contributed by atoms with Crippen LogP contribution in [0, 0.1) is 26.7 Å². The normalized spacial score (nSPS) is 17.9. The Labute approximate surface area is 176 Å². The second kappa shape index (κ2) is 8.05. The molecule has 1 aliphatic carbocycles. The van der Waals surface area contributed by atoms with Gasteiger partial charge in [0.15, 0.2) is 0 Å². The first-order chi connectivity index (χ1) is 14.3. The molecule has 0 aliphatic heterocycles. The number of hydrogen-bond donors (Lipinski definition) is 0. The summed E-state index contributed by atoms with van der Waals surface area (Å²) < 4.78 is 9.23. The highest BCUT2D eigenvalue weighted by Crippen LogP contribution is 2.46. The molecule has 4 rings (SSSR count). The summed E-state index contributed by atoms with van der Waals surface area (Å²) in [6.45, 7) is 6.70. The van der Waals surface area contributed by atoms with Crippen LogP contribution in [0.5, 0.6) is 5.88 Å². The molecule has 30 heavy (non-hydrogen) atoms. The van der Waals surface area contributed by atoms with Gasteiger partial charge in [0, 0.05) is 55.1 Å². The molecule has 0 saturated heterocycles. The summed E-state index contributed by atoms with van der Waals surface area (Å²) >= 11 is 0. The number of rotatable bonds is 7. The zero-order valence-electron chi connectivity index (χ0n) is 18.3. The predicted octanol–water partition coefficient (Wildman–Crippen LogP) is 2.80. The van der Waals surface area contributed by atoms with E-state index in [0.717, 1.165) is 35.5 Å². The summed E-state index contributed by atoms with van der Waals surface area (Å²) in [5, 5.41) is 8.75. The van der Waals surface area contributed by atoms with E-state index >= 15 is 0 Å². The Morgan fingerprint density at radius 2 is 1.90 bits per heavy atom. The predicted molar refractivity (Wildman–Crippen MR) is 115 cm³/mol. The minimum atomic E-state index is -0.0744. The first-order valence-electron chi connectivity index (χ1n) is 10.4. The van der Waals surface area contributed by atoms with Gasteiger partial charge in [0.25, 0.3) is 5.56 Å². The van der Waals surface area contributed by atoms with Crippen LogP contribution in [0.2, 0.25) is 0 Å².